The van der Waals surface area contributed by atoms with Gasteiger partial charge in [-0.1, -0.05) is 37.3 Å². The maximum absolute atomic E-state index is 13.1. The summed E-state index contributed by atoms with van der Waals surface area (Å²) in [6.45, 7) is 5.55. The van der Waals surface area contributed by atoms with E-state index in [4.69, 9.17) is 9.47 Å². The van der Waals surface area contributed by atoms with E-state index >= 15 is 0 Å². The third-order valence-corrected chi connectivity index (χ3v) is 5.70. The first kappa shape index (κ1) is 21.6. The number of ketones is 1. The van der Waals surface area contributed by atoms with Gasteiger partial charge in [0.25, 0.3) is 0 Å². The fraction of sp³-hybridized carbons (Fsp3) is 0.375. The summed E-state index contributed by atoms with van der Waals surface area (Å²) in [7, 11) is 1.56. The predicted octanol–water partition coefficient (Wildman–Crippen LogP) is 3.40. The first-order valence-corrected chi connectivity index (χ1v) is 9.97. The van der Waals surface area contributed by atoms with Crippen LogP contribution >= 0.6 is 0 Å². The highest BCUT2D eigenvalue weighted by Crippen LogP contribution is 2.43. The molecule has 1 aliphatic heterocycles. The third kappa shape index (κ3) is 4.37. The van der Waals surface area contributed by atoms with Crippen molar-refractivity contribution in [3.63, 3.8) is 0 Å². The number of benzene rings is 2. The summed E-state index contributed by atoms with van der Waals surface area (Å²) in [5.74, 6) is -2.73. The van der Waals surface area contributed by atoms with E-state index in [1.165, 1.54) is 0 Å². The number of Topliss-reactive ketones (excluding diaryl/α,β-unsaturated/α-hetero) is 1. The number of hydrogen-bond acceptors (Lipinski definition) is 5. The van der Waals surface area contributed by atoms with Crippen LogP contribution in [0.25, 0.3) is 0 Å². The highest BCUT2D eigenvalue weighted by Gasteiger charge is 2.56. The van der Waals surface area contributed by atoms with Gasteiger partial charge in [0.1, 0.15) is 17.3 Å². The average Bonchev–Trinajstić information content (AvgIpc) is 2.99. The Balaban J connectivity index is 1.80. The number of amides is 1. The molecule has 3 rings (SSSR count). The number of ether oxygens (including phenoxy) is 2. The molecule has 158 valence electrons. The normalized spacial score (nSPS) is 20.9. The summed E-state index contributed by atoms with van der Waals surface area (Å²) >= 11 is 0. The fourth-order valence-electron chi connectivity index (χ4n) is 4.18. The lowest BCUT2D eigenvalue weighted by atomic mass is 9.72. The van der Waals surface area contributed by atoms with Crippen LogP contribution in [-0.2, 0) is 20.9 Å². The smallest absolute Gasteiger partial charge is 0.319 e. The van der Waals surface area contributed by atoms with Crippen molar-refractivity contribution in [2.75, 3.05) is 7.11 Å². The van der Waals surface area contributed by atoms with Crippen LogP contribution in [0.5, 0.6) is 5.75 Å². The van der Waals surface area contributed by atoms with E-state index in [9.17, 15) is 14.4 Å². The second kappa shape index (κ2) is 8.69. The molecule has 6 nitrogen and oxygen atoms in total. The molecule has 2 aromatic carbocycles. The minimum atomic E-state index is -1.04. The quantitative estimate of drug-likeness (QED) is 0.431. The fourth-order valence-corrected chi connectivity index (χ4v) is 4.18. The van der Waals surface area contributed by atoms with Gasteiger partial charge in [-0.2, -0.15) is 0 Å². The van der Waals surface area contributed by atoms with Crippen molar-refractivity contribution in [1.29, 1.82) is 0 Å². The molecule has 1 heterocycles. The van der Waals surface area contributed by atoms with Gasteiger partial charge in [0.15, 0.2) is 5.78 Å². The number of cyclic esters (lactones) is 1. The number of esters is 1. The first-order valence-electron chi connectivity index (χ1n) is 9.97. The minimum absolute atomic E-state index is 0.144. The van der Waals surface area contributed by atoms with E-state index in [2.05, 4.69) is 5.32 Å². The molecule has 0 unspecified atom stereocenters. The van der Waals surface area contributed by atoms with Crippen molar-refractivity contribution in [2.24, 2.45) is 17.8 Å². The standard InChI is InChI=1S/C24H27NO5/c1-15(21(26)17-10-12-18(29-4)13-11-17)20-19(23(28)30-24(20,2)3)22(27)25-14-16-8-6-5-7-9-16/h5-13,15,19-20H,14H2,1-4H3,(H,25,27)/t15-,19+,20-/m1/s1. The summed E-state index contributed by atoms with van der Waals surface area (Å²) in [5.41, 5.74) is 0.491. The van der Waals surface area contributed by atoms with Crippen LogP contribution in [0, 0.1) is 17.8 Å². The summed E-state index contributed by atoms with van der Waals surface area (Å²) in [6, 6.07) is 16.2. The van der Waals surface area contributed by atoms with Crippen molar-refractivity contribution >= 4 is 17.7 Å². The molecule has 0 bridgehead atoms. The van der Waals surface area contributed by atoms with Crippen LogP contribution in [0.4, 0.5) is 0 Å². The van der Waals surface area contributed by atoms with Gasteiger partial charge in [0.2, 0.25) is 5.91 Å². The maximum atomic E-state index is 13.1. The lowest BCUT2D eigenvalue weighted by Gasteiger charge is -2.31. The molecule has 2 aromatic rings. The highest BCUT2D eigenvalue weighted by molar-refractivity contribution is 6.03. The number of methoxy groups -OCH3 is 1. The summed E-state index contributed by atoms with van der Waals surface area (Å²) in [5, 5.41) is 2.82. The number of carbonyl (C=O) groups is 3. The zero-order chi connectivity index (χ0) is 21.9. The Bertz CT molecular complexity index is 920. The van der Waals surface area contributed by atoms with Gasteiger partial charge in [0, 0.05) is 23.9 Å². The van der Waals surface area contributed by atoms with Crippen molar-refractivity contribution in [1.82, 2.24) is 5.32 Å². The summed E-state index contributed by atoms with van der Waals surface area (Å²) in [6.07, 6.45) is 0. The number of rotatable bonds is 7. The molecule has 1 N–H and O–H groups in total. The second-order valence-electron chi connectivity index (χ2n) is 8.11. The molecule has 0 spiro atoms. The molecule has 6 heteroatoms. The van der Waals surface area contributed by atoms with Crippen LogP contribution in [0.2, 0.25) is 0 Å². The maximum Gasteiger partial charge on any atom is 0.319 e. The molecule has 0 aromatic heterocycles. The monoisotopic (exact) mass is 409 g/mol. The minimum Gasteiger partial charge on any atom is -0.497 e. The van der Waals surface area contributed by atoms with Crippen LogP contribution < -0.4 is 10.1 Å². The number of hydrogen-bond donors (Lipinski definition) is 1. The second-order valence-corrected chi connectivity index (χ2v) is 8.11. The van der Waals surface area contributed by atoms with Crippen LogP contribution in [0.15, 0.2) is 54.6 Å². The molecule has 1 saturated heterocycles. The van der Waals surface area contributed by atoms with E-state index < -0.39 is 35.2 Å². The van der Waals surface area contributed by atoms with Gasteiger partial charge in [-0.15, -0.1) is 0 Å². The zero-order valence-corrected chi connectivity index (χ0v) is 17.7. The largest absolute Gasteiger partial charge is 0.497 e. The summed E-state index contributed by atoms with van der Waals surface area (Å²) < 4.78 is 10.7. The van der Waals surface area contributed by atoms with Crippen LogP contribution in [-0.4, -0.2) is 30.4 Å². The first-order chi connectivity index (χ1) is 14.2. The van der Waals surface area contributed by atoms with E-state index in [0.717, 1.165) is 5.56 Å². The lowest BCUT2D eigenvalue weighted by molar-refractivity contribution is -0.150. The van der Waals surface area contributed by atoms with Gasteiger partial charge in [-0.3, -0.25) is 14.4 Å². The average molecular weight is 409 g/mol. The Labute approximate surface area is 176 Å². The Morgan fingerprint density at radius 2 is 1.73 bits per heavy atom. The number of nitrogens with one attached hydrogen (secondary N) is 1. The zero-order valence-electron chi connectivity index (χ0n) is 17.7. The van der Waals surface area contributed by atoms with Crippen LogP contribution in [0.1, 0.15) is 36.7 Å². The van der Waals surface area contributed by atoms with Gasteiger partial charge in [-0.05, 0) is 43.7 Å². The van der Waals surface area contributed by atoms with Crippen molar-refractivity contribution in [3.8, 4) is 5.75 Å². The van der Waals surface area contributed by atoms with E-state index in [1.807, 2.05) is 30.3 Å². The lowest BCUT2D eigenvalue weighted by Crippen LogP contribution is -2.44. The topological polar surface area (TPSA) is 81.7 Å². The molecule has 0 aliphatic carbocycles. The van der Waals surface area contributed by atoms with Crippen LogP contribution in [0.3, 0.4) is 0 Å². The number of carbonyl (C=O) groups excluding carboxylic acids is 3. The van der Waals surface area contributed by atoms with Gasteiger partial charge >= 0.3 is 5.97 Å². The molecule has 1 aliphatic rings. The highest BCUT2D eigenvalue weighted by atomic mass is 16.6. The van der Waals surface area contributed by atoms with Gasteiger partial charge in [-0.25, -0.2) is 0 Å². The van der Waals surface area contributed by atoms with E-state index in [1.54, 1.807) is 52.1 Å². The SMILES string of the molecule is COc1ccc(C(=O)[C@H](C)[C@@H]2[C@@H](C(=O)NCc3ccccc3)C(=O)OC2(C)C)cc1. The third-order valence-electron chi connectivity index (χ3n) is 5.70. The van der Waals surface area contributed by atoms with Crippen molar-refractivity contribution < 1.29 is 23.9 Å². The molecule has 0 radical (unpaired) electrons. The Kier molecular flexibility index (Phi) is 6.25. The van der Waals surface area contributed by atoms with E-state index in [0.29, 0.717) is 17.9 Å². The molecule has 30 heavy (non-hydrogen) atoms. The van der Waals surface area contributed by atoms with Crippen molar-refractivity contribution in [3.05, 3.63) is 65.7 Å². The molecule has 1 amide bonds. The van der Waals surface area contributed by atoms with Gasteiger partial charge in [0.05, 0.1) is 7.11 Å². The molecule has 3 atom stereocenters. The molecular weight excluding hydrogens is 382 g/mol. The molecule has 1 fully saturated rings. The Hall–Kier alpha value is -3.15. The Morgan fingerprint density at radius 3 is 2.33 bits per heavy atom. The molecule has 0 saturated carbocycles. The van der Waals surface area contributed by atoms with Crippen molar-refractivity contribution in [2.45, 2.75) is 32.9 Å². The predicted molar refractivity (Wildman–Crippen MR) is 112 cm³/mol. The Morgan fingerprint density at radius 1 is 1.10 bits per heavy atom. The van der Waals surface area contributed by atoms with E-state index in [-0.39, 0.29) is 5.78 Å². The summed E-state index contributed by atoms with van der Waals surface area (Å²) in [4.78, 5) is 38.7. The molecular formula is C24H27NO5. The van der Waals surface area contributed by atoms with Gasteiger partial charge < -0.3 is 14.8 Å².